The van der Waals surface area contributed by atoms with E-state index in [0.29, 0.717) is 56.4 Å². The zero-order valence-electron chi connectivity index (χ0n) is 21.2. The number of fused-ring (bicyclic) bond motifs is 2. The van der Waals surface area contributed by atoms with Gasteiger partial charge in [-0.25, -0.2) is 17.8 Å². The lowest BCUT2D eigenvalue weighted by Crippen LogP contribution is -2.58. The van der Waals surface area contributed by atoms with Gasteiger partial charge in [-0.2, -0.15) is 14.4 Å². The molecule has 3 saturated heterocycles. The van der Waals surface area contributed by atoms with E-state index in [-0.39, 0.29) is 35.6 Å². The van der Waals surface area contributed by atoms with E-state index >= 15 is 4.39 Å². The predicted molar refractivity (Wildman–Crippen MR) is 136 cm³/mol. The topological polar surface area (TPSA) is 116 Å². The quantitative estimate of drug-likeness (QED) is 0.569. The molecule has 0 aromatic carbocycles. The number of ether oxygens (including phenoxy) is 1. The van der Waals surface area contributed by atoms with Gasteiger partial charge in [0.1, 0.15) is 0 Å². The van der Waals surface area contributed by atoms with Crippen molar-refractivity contribution in [1.82, 2.24) is 24.5 Å². The van der Waals surface area contributed by atoms with Gasteiger partial charge in [-0.05, 0) is 52.4 Å². The minimum atomic E-state index is -3.26. The Balaban J connectivity index is 1.46. The van der Waals surface area contributed by atoms with Gasteiger partial charge in [0, 0.05) is 56.1 Å². The van der Waals surface area contributed by atoms with Gasteiger partial charge in [0.2, 0.25) is 16.0 Å². The lowest BCUT2D eigenvalue weighted by Gasteiger charge is -2.49. The lowest BCUT2D eigenvalue weighted by molar-refractivity contribution is 0.0836. The molecule has 0 saturated carbocycles. The van der Waals surface area contributed by atoms with Crippen LogP contribution in [0.4, 0.5) is 22.0 Å². The number of H-pyrrole nitrogens is 1. The normalized spacial score (nSPS) is 25.6. The van der Waals surface area contributed by atoms with Crippen LogP contribution in [0.5, 0.6) is 0 Å². The Morgan fingerprint density at radius 3 is 2.50 bits per heavy atom. The summed E-state index contributed by atoms with van der Waals surface area (Å²) in [6.45, 7) is 4.74. The van der Waals surface area contributed by atoms with Crippen molar-refractivity contribution in [1.29, 1.82) is 0 Å². The summed E-state index contributed by atoms with van der Waals surface area (Å²) >= 11 is 0. The smallest absolute Gasteiger partial charge is 0.227 e. The molecule has 0 spiro atoms. The molecule has 36 heavy (non-hydrogen) atoms. The van der Waals surface area contributed by atoms with Crippen LogP contribution in [0.3, 0.4) is 0 Å². The second-order valence-electron chi connectivity index (χ2n) is 10.2. The van der Waals surface area contributed by atoms with Crippen molar-refractivity contribution >= 4 is 27.6 Å². The Labute approximate surface area is 212 Å². The molecule has 2 aromatic rings. The Bertz CT molecular complexity index is 1170. The number of sulfonamides is 1. The zero-order chi connectivity index (χ0) is 25.4. The van der Waals surface area contributed by atoms with Gasteiger partial charge in [0.25, 0.3) is 0 Å². The van der Waals surface area contributed by atoms with E-state index in [1.807, 2.05) is 18.9 Å². The molecule has 12 heteroatoms. The van der Waals surface area contributed by atoms with E-state index in [1.165, 1.54) is 0 Å². The molecule has 5 rings (SSSR count). The number of aromatic amines is 1. The molecule has 0 aliphatic carbocycles. The summed E-state index contributed by atoms with van der Waals surface area (Å²) in [6.07, 6.45) is 5.60. The fourth-order valence-electron chi connectivity index (χ4n) is 5.93. The molecule has 3 fully saturated rings. The van der Waals surface area contributed by atoms with Gasteiger partial charge in [-0.3, -0.25) is 5.10 Å². The van der Waals surface area contributed by atoms with Crippen LogP contribution in [-0.2, 0) is 14.8 Å². The van der Waals surface area contributed by atoms with E-state index in [0.717, 1.165) is 25.0 Å². The van der Waals surface area contributed by atoms with Crippen LogP contribution in [0, 0.1) is 12.7 Å². The SMILES string of the molecule is CCS(=O)(=O)N1[C@@H]2CCC[C@H]1C[C@@H](N(C)c1nc(Nc3cc(C)[nH]n3)c(F)c(C3CCOCC3)n1)C2. The minimum absolute atomic E-state index is 0.0186. The van der Waals surface area contributed by atoms with Crippen LogP contribution in [0.15, 0.2) is 6.07 Å². The van der Waals surface area contributed by atoms with Gasteiger partial charge < -0.3 is 15.0 Å². The second-order valence-corrected chi connectivity index (χ2v) is 12.4. The van der Waals surface area contributed by atoms with Crippen molar-refractivity contribution < 1.29 is 17.5 Å². The average Bonchev–Trinajstić information content (AvgIpc) is 3.28. The number of nitrogens with zero attached hydrogens (tertiary/aromatic N) is 5. The van der Waals surface area contributed by atoms with Crippen molar-refractivity contribution in [2.75, 3.05) is 36.2 Å². The molecule has 5 heterocycles. The van der Waals surface area contributed by atoms with Crippen LogP contribution < -0.4 is 10.2 Å². The average molecular weight is 522 g/mol. The van der Waals surface area contributed by atoms with Crippen LogP contribution in [0.2, 0.25) is 0 Å². The van der Waals surface area contributed by atoms with Crippen molar-refractivity contribution in [3.63, 3.8) is 0 Å². The number of nitrogens with one attached hydrogen (secondary N) is 2. The van der Waals surface area contributed by atoms with Crippen LogP contribution in [0.25, 0.3) is 0 Å². The molecule has 0 unspecified atom stereocenters. The highest BCUT2D eigenvalue weighted by atomic mass is 32.2. The maximum absolute atomic E-state index is 15.7. The van der Waals surface area contributed by atoms with Crippen LogP contribution >= 0.6 is 0 Å². The monoisotopic (exact) mass is 521 g/mol. The number of anilines is 3. The van der Waals surface area contributed by atoms with Gasteiger partial charge in [0.05, 0.1) is 11.4 Å². The van der Waals surface area contributed by atoms with Crippen molar-refractivity contribution in [3.05, 3.63) is 23.3 Å². The molecule has 3 atom stereocenters. The number of hydrogen-bond acceptors (Lipinski definition) is 8. The largest absolute Gasteiger partial charge is 0.381 e. The highest BCUT2D eigenvalue weighted by Crippen LogP contribution is 2.39. The molecular formula is C24H36FN7O3S. The number of aromatic nitrogens is 4. The summed E-state index contributed by atoms with van der Waals surface area (Å²) < 4.78 is 48.6. The van der Waals surface area contributed by atoms with Gasteiger partial charge in [-0.15, -0.1) is 0 Å². The lowest BCUT2D eigenvalue weighted by atomic mass is 9.83. The number of hydrogen-bond donors (Lipinski definition) is 2. The van der Waals surface area contributed by atoms with Gasteiger partial charge in [0.15, 0.2) is 17.5 Å². The van der Waals surface area contributed by atoms with Crippen molar-refractivity contribution in [3.8, 4) is 0 Å². The van der Waals surface area contributed by atoms with Crippen LogP contribution in [0.1, 0.15) is 69.2 Å². The first-order chi connectivity index (χ1) is 17.3. The molecule has 0 radical (unpaired) electrons. The fraction of sp³-hybridized carbons (Fsp3) is 0.708. The summed E-state index contributed by atoms with van der Waals surface area (Å²) in [5, 5.41) is 10.1. The second kappa shape index (κ2) is 10.2. The minimum Gasteiger partial charge on any atom is -0.381 e. The Kier molecular flexibility index (Phi) is 7.19. The van der Waals surface area contributed by atoms with Crippen molar-refractivity contribution in [2.45, 2.75) is 82.8 Å². The zero-order valence-corrected chi connectivity index (χ0v) is 22.0. The first-order valence-corrected chi connectivity index (χ1v) is 14.6. The molecular weight excluding hydrogens is 485 g/mol. The molecule has 2 aromatic heterocycles. The molecule has 2 N–H and O–H groups in total. The van der Waals surface area contributed by atoms with Gasteiger partial charge >= 0.3 is 0 Å². The number of aryl methyl sites for hydroxylation is 1. The first-order valence-electron chi connectivity index (χ1n) is 12.9. The third kappa shape index (κ3) is 4.95. The van der Waals surface area contributed by atoms with E-state index in [1.54, 1.807) is 17.3 Å². The molecule has 10 nitrogen and oxygen atoms in total. The van der Waals surface area contributed by atoms with Gasteiger partial charge in [-0.1, -0.05) is 6.42 Å². The molecule has 2 bridgehead atoms. The summed E-state index contributed by atoms with van der Waals surface area (Å²) in [5.74, 6) is 0.655. The molecule has 3 aliphatic heterocycles. The summed E-state index contributed by atoms with van der Waals surface area (Å²) in [4.78, 5) is 11.4. The Morgan fingerprint density at radius 1 is 1.19 bits per heavy atom. The van der Waals surface area contributed by atoms with E-state index in [9.17, 15) is 8.42 Å². The van der Waals surface area contributed by atoms with E-state index in [2.05, 4.69) is 20.5 Å². The number of halogens is 1. The third-order valence-corrected chi connectivity index (χ3v) is 9.83. The highest BCUT2D eigenvalue weighted by molar-refractivity contribution is 7.89. The molecule has 198 valence electrons. The Hall–Kier alpha value is -2.31. The summed E-state index contributed by atoms with van der Waals surface area (Å²) in [7, 11) is -1.32. The fourth-order valence-corrected chi connectivity index (χ4v) is 7.52. The molecule has 0 amide bonds. The summed E-state index contributed by atoms with van der Waals surface area (Å²) in [6, 6.07) is 1.83. The van der Waals surface area contributed by atoms with E-state index < -0.39 is 15.8 Å². The third-order valence-electron chi connectivity index (χ3n) is 7.86. The van der Waals surface area contributed by atoms with Crippen molar-refractivity contribution in [2.24, 2.45) is 0 Å². The highest BCUT2D eigenvalue weighted by Gasteiger charge is 2.45. The first kappa shape index (κ1) is 25.3. The molecule has 3 aliphatic rings. The van der Waals surface area contributed by atoms with Crippen LogP contribution in [-0.4, -0.2) is 77.0 Å². The Morgan fingerprint density at radius 2 is 1.89 bits per heavy atom. The maximum atomic E-state index is 15.7. The predicted octanol–water partition coefficient (Wildman–Crippen LogP) is 3.46. The maximum Gasteiger partial charge on any atom is 0.227 e. The van der Waals surface area contributed by atoms with E-state index in [4.69, 9.17) is 9.72 Å². The number of piperidine rings is 2. The summed E-state index contributed by atoms with van der Waals surface area (Å²) in [5.41, 5.74) is 1.25. The standard InChI is InChI=1S/C24H36FN7O3S/c1-4-36(33,34)32-17-6-5-7-18(32)14-19(13-17)31(3)24-27-22(16-8-10-35-11-9-16)21(25)23(28-24)26-20-12-15(2)29-30-20/h12,16-19H,4-11,13-14H2,1-3H3,(H2,26,27,28,29,30)/t17-,18+,19+. The number of rotatable bonds is 7.